The molecule has 4 heteroatoms. The molecule has 1 nitrogen and oxygen atoms in total. The van der Waals surface area contributed by atoms with Crippen molar-refractivity contribution in [2.75, 3.05) is 11.9 Å². The van der Waals surface area contributed by atoms with Crippen LogP contribution in [0, 0.1) is 2.88 Å². The van der Waals surface area contributed by atoms with Crippen LogP contribution in [0.4, 0.5) is 5.69 Å². The number of halogens is 2. The predicted molar refractivity (Wildman–Crippen MR) is 72.9 cm³/mol. The van der Waals surface area contributed by atoms with Crippen molar-refractivity contribution in [2.24, 2.45) is 0 Å². The zero-order chi connectivity index (χ0) is 10.0. The average molecular weight is 374 g/mol. The third-order valence-corrected chi connectivity index (χ3v) is 5.22. The minimum absolute atomic E-state index is 0.597. The van der Waals surface area contributed by atoms with Crippen molar-refractivity contribution in [3.63, 3.8) is 0 Å². The van der Waals surface area contributed by atoms with Crippen molar-refractivity contribution in [2.45, 2.75) is 26.3 Å². The highest BCUT2D eigenvalue weighted by Gasteiger charge is 2.15. The van der Waals surface area contributed by atoms with Gasteiger partial charge in [0.1, 0.15) is 0 Å². The molecule has 1 aromatic heterocycles. The summed E-state index contributed by atoms with van der Waals surface area (Å²) < 4.78 is 2.57. The number of rotatable bonds is 3. The van der Waals surface area contributed by atoms with Crippen molar-refractivity contribution in [3.05, 3.63) is 12.7 Å². The number of hydrogen-bond donors (Lipinski definition) is 0. The molecule has 0 aromatic carbocycles. The summed E-state index contributed by atoms with van der Waals surface area (Å²) in [6, 6.07) is 0.597. The summed E-state index contributed by atoms with van der Waals surface area (Å²) in [6.07, 6.45) is 1.18. The Bertz CT molecular complexity index is 268. The highest BCUT2D eigenvalue weighted by Crippen LogP contribution is 2.37. The summed E-state index contributed by atoms with van der Waals surface area (Å²) in [5.74, 6) is 0. The second kappa shape index (κ2) is 4.98. The zero-order valence-corrected chi connectivity index (χ0v) is 12.5. The van der Waals surface area contributed by atoms with Gasteiger partial charge in [-0.05, 0) is 51.9 Å². The number of anilines is 1. The average Bonchev–Trinajstić information content (AvgIpc) is 2.44. The van der Waals surface area contributed by atoms with E-state index in [1.807, 2.05) is 0 Å². The summed E-state index contributed by atoms with van der Waals surface area (Å²) in [5.41, 5.74) is 1.33. The van der Waals surface area contributed by atoms with Gasteiger partial charge in [0.2, 0.25) is 0 Å². The van der Waals surface area contributed by atoms with Crippen LogP contribution in [-0.2, 0) is 0 Å². The van der Waals surface area contributed by atoms with E-state index in [2.05, 4.69) is 69.7 Å². The quantitative estimate of drug-likeness (QED) is 0.712. The largest absolute Gasteiger partial charge is 0.369 e. The van der Waals surface area contributed by atoms with Gasteiger partial charge >= 0.3 is 0 Å². The molecule has 1 heterocycles. The van der Waals surface area contributed by atoms with Crippen molar-refractivity contribution in [1.29, 1.82) is 0 Å². The molecule has 0 spiro atoms. The fourth-order valence-corrected chi connectivity index (χ4v) is 4.11. The van der Waals surface area contributed by atoms with Crippen molar-refractivity contribution in [3.8, 4) is 0 Å². The van der Waals surface area contributed by atoms with Gasteiger partial charge in [0.05, 0.1) is 13.0 Å². The lowest BCUT2D eigenvalue weighted by molar-refractivity contribution is 0.663. The Kier molecular flexibility index (Phi) is 4.51. The Balaban J connectivity index is 2.93. The predicted octanol–water partition coefficient (Wildman–Crippen LogP) is 4.35. The molecule has 1 atom stereocenters. The van der Waals surface area contributed by atoms with Gasteiger partial charge < -0.3 is 4.90 Å². The lowest BCUT2D eigenvalue weighted by atomic mass is 10.2. The first-order valence-corrected chi connectivity index (χ1v) is 6.98. The monoisotopic (exact) mass is 373 g/mol. The van der Waals surface area contributed by atoms with Crippen LogP contribution < -0.4 is 4.90 Å². The second-order valence-corrected chi connectivity index (χ2v) is 6.62. The number of hydrogen-bond acceptors (Lipinski definition) is 2. The molecule has 0 aliphatic carbocycles. The first-order valence-electron chi connectivity index (χ1n) is 4.23. The summed E-state index contributed by atoms with van der Waals surface area (Å²) in [6.45, 7) is 4.47. The van der Waals surface area contributed by atoms with Gasteiger partial charge in [0.25, 0.3) is 0 Å². The summed E-state index contributed by atoms with van der Waals surface area (Å²) in [7, 11) is 2.16. The fourth-order valence-electron chi connectivity index (χ4n) is 1.11. The first-order chi connectivity index (χ1) is 6.07. The van der Waals surface area contributed by atoms with Gasteiger partial charge in [-0.2, -0.15) is 0 Å². The third kappa shape index (κ3) is 2.59. The van der Waals surface area contributed by atoms with Crippen LogP contribution in [0.25, 0.3) is 0 Å². The summed E-state index contributed by atoms with van der Waals surface area (Å²) in [5, 5.41) is 2.15. The van der Waals surface area contributed by atoms with Crippen LogP contribution >= 0.6 is 49.9 Å². The molecule has 0 saturated carbocycles. The number of nitrogens with zero attached hydrogens (tertiary/aromatic N) is 1. The second-order valence-electron chi connectivity index (χ2n) is 3.07. The molecule has 1 rings (SSSR count). The lowest BCUT2D eigenvalue weighted by Gasteiger charge is -2.26. The van der Waals surface area contributed by atoms with Gasteiger partial charge in [-0.3, -0.25) is 0 Å². The normalized spacial score (nSPS) is 13.0. The molecule has 0 amide bonds. The van der Waals surface area contributed by atoms with E-state index in [0.717, 1.165) is 0 Å². The molecule has 0 aliphatic rings. The minimum Gasteiger partial charge on any atom is -0.369 e. The SMILES string of the molecule is CC[C@H](C)N(C)c1c(Br)csc1I. The summed E-state index contributed by atoms with van der Waals surface area (Å²) >= 11 is 7.76. The molecule has 1 aromatic rings. The Hall–Kier alpha value is 0.710. The molecule has 0 aliphatic heterocycles. The van der Waals surface area contributed by atoms with Gasteiger partial charge in [0.15, 0.2) is 0 Å². The maximum absolute atomic E-state index is 3.58. The molecule has 0 fully saturated rings. The van der Waals surface area contributed by atoms with Crippen molar-refractivity contribution < 1.29 is 0 Å². The van der Waals surface area contributed by atoms with Crippen LogP contribution in [0.15, 0.2) is 9.85 Å². The fraction of sp³-hybridized carbons (Fsp3) is 0.556. The van der Waals surface area contributed by atoms with Crippen LogP contribution in [0.2, 0.25) is 0 Å². The molecule has 0 radical (unpaired) electrons. The maximum Gasteiger partial charge on any atom is 0.0898 e. The zero-order valence-electron chi connectivity index (χ0n) is 7.97. The third-order valence-electron chi connectivity index (χ3n) is 2.28. The van der Waals surface area contributed by atoms with E-state index in [9.17, 15) is 0 Å². The first kappa shape index (κ1) is 11.8. The summed E-state index contributed by atoms with van der Waals surface area (Å²) in [4.78, 5) is 2.34. The highest BCUT2D eigenvalue weighted by molar-refractivity contribution is 14.1. The van der Waals surface area contributed by atoms with Crippen molar-refractivity contribution in [1.82, 2.24) is 0 Å². The molecule has 0 bridgehead atoms. The van der Waals surface area contributed by atoms with E-state index in [1.54, 1.807) is 11.3 Å². The minimum atomic E-state index is 0.597. The molecule has 0 saturated heterocycles. The highest BCUT2D eigenvalue weighted by atomic mass is 127. The topological polar surface area (TPSA) is 3.24 Å². The molecule has 0 unspecified atom stereocenters. The van der Waals surface area contributed by atoms with Gasteiger partial charge in [0, 0.05) is 18.5 Å². The van der Waals surface area contributed by atoms with Crippen molar-refractivity contribution >= 4 is 55.5 Å². The smallest absolute Gasteiger partial charge is 0.0898 e. The molecule has 0 N–H and O–H groups in total. The van der Waals surface area contributed by atoms with Crippen LogP contribution in [0.1, 0.15) is 20.3 Å². The standard InChI is InChI=1S/C9H13BrINS/c1-4-6(2)12(3)8-7(10)5-13-9(8)11/h5-6H,4H2,1-3H3/t6-/m0/s1. The molecular formula is C9H13BrINS. The van der Waals surface area contributed by atoms with E-state index in [-0.39, 0.29) is 0 Å². The molecule has 74 valence electrons. The van der Waals surface area contributed by atoms with E-state index in [1.165, 1.54) is 19.5 Å². The number of thiophene rings is 1. The van der Waals surface area contributed by atoms with Crippen LogP contribution in [0.3, 0.4) is 0 Å². The molecular weight excluding hydrogens is 361 g/mol. The molecule has 13 heavy (non-hydrogen) atoms. The van der Waals surface area contributed by atoms with Gasteiger partial charge in [-0.15, -0.1) is 11.3 Å². The van der Waals surface area contributed by atoms with E-state index in [4.69, 9.17) is 0 Å². The maximum atomic E-state index is 3.58. The van der Waals surface area contributed by atoms with E-state index in [0.29, 0.717) is 6.04 Å². The van der Waals surface area contributed by atoms with Gasteiger partial charge in [-0.1, -0.05) is 6.92 Å². The Morgan fingerprint density at radius 1 is 1.69 bits per heavy atom. The van der Waals surface area contributed by atoms with Crippen LogP contribution in [0.5, 0.6) is 0 Å². The van der Waals surface area contributed by atoms with E-state index < -0.39 is 0 Å². The Labute approximate surface area is 106 Å². The van der Waals surface area contributed by atoms with Crippen LogP contribution in [-0.4, -0.2) is 13.1 Å². The lowest BCUT2D eigenvalue weighted by Crippen LogP contribution is -2.28. The van der Waals surface area contributed by atoms with Gasteiger partial charge in [-0.25, -0.2) is 0 Å². The Morgan fingerprint density at radius 2 is 2.31 bits per heavy atom. The van der Waals surface area contributed by atoms with E-state index >= 15 is 0 Å². The Morgan fingerprint density at radius 3 is 2.69 bits per heavy atom.